The minimum absolute atomic E-state index is 0.555. The molecule has 0 unspecified atom stereocenters. The molecule has 12 heteroatoms. The fourth-order valence-corrected chi connectivity index (χ4v) is 12.9. The van der Waals surface area contributed by atoms with Crippen molar-refractivity contribution in [3.63, 3.8) is 0 Å². The minimum atomic E-state index is 0.555. The molecule has 2 aliphatic heterocycles. The molecular formula is C56H34N8S4. The summed E-state index contributed by atoms with van der Waals surface area (Å²) < 4.78 is 2.11. The van der Waals surface area contributed by atoms with Crippen LogP contribution in [0.4, 0.5) is 0 Å². The molecule has 0 spiro atoms. The first kappa shape index (κ1) is 40.8. The van der Waals surface area contributed by atoms with E-state index in [1.807, 2.05) is 54.6 Å². The second-order valence-corrected chi connectivity index (χ2v) is 20.3. The maximum atomic E-state index is 5.54. The van der Waals surface area contributed by atoms with E-state index >= 15 is 0 Å². The molecule has 8 aromatic carbocycles. The highest BCUT2D eigenvalue weighted by Crippen LogP contribution is 2.51. The van der Waals surface area contributed by atoms with Crippen LogP contribution >= 0.6 is 47.2 Å². The van der Waals surface area contributed by atoms with Gasteiger partial charge in [0.15, 0.2) is 34.6 Å². The number of rotatable bonds is 8. The van der Waals surface area contributed by atoms with Crippen molar-refractivity contribution in [2.75, 3.05) is 0 Å². The van der Waals surface area contributed by atoms with Crippen molar-refractivity contribution in [2.45, 2.75) is 34.3 Å². The molecule has 8 bridgehead atoms. The fraction of sp³-hybridized carbons (Fsp3) is 0. The van der Waals surface area contributed by atoms with Gasteiger partial charge in [-0.3, -0.25) is 0 Å². The molecular weight excluding hydrogens is 913 g/mol. The number of nitrogens with one attached hydrogen (secondary N) is 1. The molecule has 0 radical (unpaired) electrons. The highest BCUT2D eigenvalue weighted by Gasteiger charge is 2.26. The summed E-state index contributed by atoms with van der Waals surface area (Å²) in [4.78, 5) is 44.0. The Bertz CT molecular complexity index is 3920. The summed E-state index contributed by atoms with van der Waals surface area (Å²) in [6, 6.07) is 69.0. The number of benzene rings is 8. The van der Waals surface area contributed by atoms with Crippen molar-refractivity contribution in [3.8, 4) is 45.6 Å². The van der Waals surface area contributed by atoms with E-state index in [4.69, 9.17) is 29.9 Å². The average Bonchev–Trinajstić information content (AvgIpc) is 4.11. The average molecular weight is 947 g/mol. The summed E-state index contributed by atoms with van der Waals surface area (Å²) in [5, 5.41) is 3.74. The van der Waals surface area contributed by atoms with Crippen LogP contribution in [-0.2, 0) is 0 Å². The van der Waals surface area contributed by atoms with Crippen LogP contribution in [-0.4, -0.2) is 38.9 Å². The van der Waals surface area contributed by atoms with Gasteiger partial charge in [0, 0.05) is 78.1 Å². The van der Waals surface area contributed by atoms with Gasteiger partial charge >= 0.3 is 0 Å². The Morgan fingerprint density at radius 1 is 0.338 bits per heavy atom. The number of fused-ring (bicyclic) bond motifs is 20. The van der Waals surface area contributed by atoms with Gasteiger partial charge in [0.05, 0.1) is 0 Å². The molecule has 11 aromatic rings. The molecule has 13 rings (SSSR count). The van der Waals surface area contributed by atoms with Crippen LogP contribution in [0.3, 0.4) is 0 Å². The molecule has 0 amide bonds. The number of aromatic nitrogens is 8. The highest BCUT2D eigenvalue weighted by molar-refractivity contribution is 8.04. The van der Waals surface area contributed by atoms with Gasteiger partial charge in [-0.05, 0) is 66.5 Å². The zero-order valence-corrected chi connectivity index (χ0v) is 39.1. The SMILES string of the molecule is c1ccc(Sc2cc3c4nc5nc(nc6c7ccccc7c(nc7nc(nc([nH]4)c3c(Sc3ccccc3)c2Sc2ccccc2)-c2ccccc2-7)n6Sc2ccccc2)-c2ccccc2-5)cc1. The number of H-pyrrole nitrogens is 1. The van der Waals surface area contributed by atoms with E-state index in [-0.39, 0.29) is 0 Å². The lowest BCUT2D eigenvalue weighted by Gasteiger charge is -2.16. The summed E-state index contributed by atoms with van der Waals surface area (Å²) in [5.74, 6) is 2.25. The minimum Gasteiger partial charge on any atom is -0.324 e. The quantitative estimate of drug-likeness (QED) is 0.159. The number of aromatic amines is 1. The Labute approximate surface area is 407 Å². The predicted molar refractivity (Wildman–Crippen MR) is 279 cm³/mol. The second kappa shape index (κ2) is 17.3. The standard InChI is InChI=1S/C56H34N8S4/c1-5-19-34(20-6-1)65-45-33-44-46(48(67-36-23-9-3-10-24-36)47(45)66-35-21-7-2-8-22-35)54-60-50-39-28-14-16-30-41(39)52(58-50)63-56-43-32-18-17-31-42(43)55(64(56)68-37-25-11-4-12-26-37)62-51-40-29-15-13-27-38(40)49(57-51)59-53(44)61-54/h1-33H,(H,57,58,59,60,61,62,63). The van der Waals surface area contributed by atoms with E-state index in [1.54, 1.807) is 47.2 Å². The van der Waals surface area contributed by atoms with Crippen molar-refractivity contribution < 1.29 is 0 Å². The Kier molecular flexibility index (Phi) is 10.4. The van der Waals surface area contributed by atoms with Crippen molar-refractivity contribution in [2.24, 2.45) is 0 Å². The molecule has 3 aromatic heterocycles. The molecule has 1 N–H and O–H groups in total. The van der Waals surface area contributed by atoms with Gasteiger partial charge in [-0.25, -0.2) is 33.9 Å². The monoisotopic (exact) mass is 946 g/mol. The van der Waals surface area contributed by atoms with Crippen LogP contribution in [0.15, 0.2) is 234 Å². The van der Waals surface area contributed by atoms with Gasteiger partial charge in [-0.1, -0.05) is 181 Å². The second-order valence-electron chi connectivity index (χ2n) is 16.0. The van der Waals surface area contributed by atoms with E-state index in [1.165, 1.54) is 0 Å². The third-order valence-corrected chi connectivity index (χ3v) is 16.2. The summed E-state index contributed by atoms with van der Waals surface area (Å²) in [6.07, 6.45) is 0. The number of hydrogen-bond acceptors (Lipinski definition) is 10. The summed E-state index contributed by atoms with van der Waals surface area (Å²) >= 11 is 6.80. The van der Waals surface area contributed by atoms with Crippen molar-refractivity contribution in [1.29, 1.82) is 0 Å². The van der Waals surface area contributed by atoms with Crippen LogP contribution < -0.4 is 0 Å². The molecule has 2 aliphatic rings. The van der Waals surface area contributed by atoms with Crippen molar-refractivity contribution in [1.82, 2.24) is 38.9 Å². The first-order chi connectivity index (χ1) is 33.7. The lowest BCUT2D eigenvalue weighted by atomic mass is 10.1. The van der Waals surface area contributed by atoms with E-state index < -0.39 is 0 Å². The van der Waals surface area contributed by atoms with E-state index in [9.17, 15) is 0 Å². The van der Waals surface area contributed by atoms with Crippen molar-refractivity contribution in [3.05, 3.63) is 200 Å². The lowest BCUT2D eigenvalue weighted by molar-refractivity contribution is 1.15. The molecule has 0 aliphatic carbocycles. The fourth-order valence-electron chi connectivity index (χ4n) is 8.57. The Morgan fingerprint density at radius 3 is 1.24 bits per heavy atom. The molecule has 5 heterocycles. The van der Waals surface area contributed by atoms with Crippen LogP contribution in [0.5, 0.6) is 0 Å². The zero-order valence-electron chi connectivity index (χ0n) is 35.8. The number of nitrogens with zero attached hydrogens (tertiary/aromatic N) is 7. The van der Waals surface area contributed by atoms with Gasteiger partial charge < -0.3 is 4.98 Å². The maximum absolute atomic E-state index is 5.54. The third-order valence-electron chi connectivity index (χ3n) is 11.7. The van der Waals surface area contributed by atoms with Crippen LogP contribution in [0.1, 0.15) is 0 Å². The van der Waals surface area contributed by atoms with Crippen molar-refractivity contribution >= 4 is 91.4 Å². The molecule has 0 atom stereocenters. The Balaban J connectivity index is 1.20. The van der Waals surface area contributed by atoms with Gasteiger partial charge in [-0.2, -0.15) is 0 Å². The summed E-state index contributed by atoms with van der Waals surface area (Å²) in [7, 11) is 0. The van der Waals surface area contributed by atoms with E-state index in [0.29, 0.717) is 34.6 Å². The lowest BCUT2D eigenvalue weighted by Crippen LogP contribution is -1.92. The highest BCUT2D eigenvalue weighted by atomic mass is 32.2. The zero-order chi connectivity index (χ0) is 45.0. The predicted octanol–water partition coefficient (Wildman–Crippen LogP) is 15.4. The molecule has 68 heavy (non-hydrogen) atoms. The van der Waals surface area contributed by atoms with E-state index in [2.05, 4.69) is 155 Å². The Morgan fingerprint density at radius 2 is 0.735 bits per heavy atom. The molecule has 322 valence electrons. The first-order valence-electron chi connectivity index (χ1n) is 21.9. The largest absolute Gasteiger partial charge is 0.324 e. The van der Waals surface area contributed by atoms with Crippen LogP contribution in [0.25, 0.3) is 89.7 Å². The normalized spacial score (nSPS) is 11.8. The van der Waals surface area contributed by atoms with Gasteiger partial charge in [0.2, 0.25) is 0 Å². The topological polar surface area (TPSA) is 98.1 Å². The maximum Gasteiger partial charge on any atom is 0.164 e. The summed E-state index contributed by atoms with van der Waals surface area (Å²) in [5.41, 5.74) is 6.28. The summed E-state index contributed by atoms with van der Waals surface area (Å²) in [6.45, 7) is 0. The molecule has 0 saturated heterocycles. The molecule has 0 fully saturated rings. The molecule has 0 saturated carbocycles. The van der Waals surface area contributed by atoms with Gasteiger partial charge in [0.1, 0.15) is 11.3 Å². The first-order valence-corrected chi connectivity index (χ1v) is 25.2. The number of hydrogen-bond donors (Lipinski definition) is 1. The third kappa shape index (κ3) is 7.42. The van der Waals surface area contributed by atoms with Gasteiger partial charge in [0.25, 0.3) is 0 Å². The van der Waals surface area contributed by atoms with Crippen LogP contribution in [0, 0.1) is 0 Å². The van der Waals surface area contributed by atoms with Gasteiger partial charge in [-0.15, -0.1) is 0 Å². The van der Waals surface area contributed by atoms with E-state index in [0.717, 1.165) is 89.4 Å². The molecule has 8 nitrogen and oxygen atoms in total. The Hall–Kier alpha value is -7.48. The smallest absolute Gasteiger partial charge is 0.164 e. The van der Waals surface area contributed by atoms with Crippen LogP contribution in [0.2, 0.25) is 0 Å².